The first kappa shape index (κ1) is 16.7. The van der Waals surface area contributed by atoms with Crippen LogP contribution in [0.4, 0.5) is 5.69 Å². The second kappa shape index (κ2) is 6.04. The Labute approximate surface area is 144 Å². The number of hydrogen-bond acceptors (Lipinski definition) is 4. The van der Waals surface area contributed by atoms with Crippen LogP contribution in [0.1, 0.15) is 12.5 Å². The van der Waals surface area contributed by atoms with E-state index in [0.29, 0.717) is 11.3 Å². The molecule has 2 heterocycles. The van der Waals surface area contributed by atoms with Gasteiger partial charge in [0.2, 0.25) is 12.5 Å². The summed E-state index contributed by atoms with van der Waals surface area (Å²) in [5, 5.41) is 13.9. The van der Waals surface area contributed by atoms with Crippen LogP contribution in [0.3, 0.4) is 0 Å². The third-order valence-electron chi connectivity index (χ3n) is 4.53. The Balaban J connectivity index is 2.30. The zero-order valence-corrected chi connectivity index (χ0v) is 13.9. The van der Waals surface area contributed by atoms with Crippen molar-refractivity contribution in [2.24, 2.45) is 0 Å². The van der Waals surface area contributed by atoms with E-state index >= 15 is 0 Å². The molecule has 0 radical (unpaired) electrons. The number of hydrogen-bond donors (Lipinski definition) is 1. The van der Waals surface area contributed by atoms with Gasteiger partial charge in [0.25, 0.3) is 5.91 Å². The van der Waals surface area contributed by atoms with Crippen molar-refractivity contribution in [3.05, 3.63) is 64.5 Å². The summed E-state index contributed by atoms with van der Waals surface area (Å²) in [6.07, 6.45) is 3.37. The van der Waals surface area contributed by atoms with Gasteiger partial charge < -0.3 is 14.8 Å². The number of likely N-dealkylation sites (N-methyl/N-ethyl adjacent to an activating group) is 1. The molecule has 2 atom stereocenters. The van der Waals surface area contributed by atoms with Crippen molar-refractivity contribution in [3.8, 4) is 0 Å². The Morgan fingerprint density at radius 1 is 1.28 bits per heavy atom. The highest BCUT2D eigenvalue weighted by molar-refractivity contribution is 6.08. The summed E-state index contributed by atoms with van der Waals surface area (Å²) in [5.74, 6) is -0.760. The molecule has 1 aliphatic rings. The lowest BCUT2D eigenvalue weighted by atomic mass is 9.83. The van der Waals surface area contributed by atoms with Crippen LogP contribution in [-0.2, 0) is 15.1 Å². The van der Waals surface area contributed by atoms with Crippen LogP contribution in [0.2, 0.25) is 0 Å². The average molecular weight is 342 g/mol. The van der Waals surface area contributed by atoms with E-state index < -0.39 is 29.0 Å². The van der Waals surface area contributed by atoms with Crippen molar-refractivity contribution in [1.82, 2.24) is 9.88 Å². The molecule has 0 saturated heterocycles. The lowest BCUT2D eigenvalue weighted by Crippen LogP contribution is -2.61. The van der Waals surface area contributed by atoms with Crippen molar-refractivity contribution in [2.45, 2.75) is 18.5 Å². The van der Waals surface area contributed by atoms with Gasteiger partial charge in [0.15, 0.2) is 5.54 Å². The Bertz CT molecular complexity index is 817. The number of carbonyl (C=O) groups is 2. The predicted molar refractivity (Wildman–Crippen MR) is 90.8 cm³/mol. The largest absolute Gasteiger partial charge is 0.344 e. The van der Waals surface area contributed by atoms with Gasteiger partial charge in [-0.05, 0) is 18.2 Å². The second-order valence-electron chi connectivity index (χ2n) is 6.01. The van der Waals surface area contributed by atoms with Crippen molar-refractivity contribution >= 4 is 17.5 Å². The summed E-state index contributed by atoms with van der Waals surface area (Å²) >= 11 is 0. The topological polar surface area (TPSA) is 97.5 Å². The summed E-state index contributed by atoms with van der Waals surface area (Å²) in [6.45, 7) is 0.705. The molecule has 0 spiro atoms. The van der Waals surface area contributed by atoms with E-state index in [-0.39, 0.29) is 5.91 Å². The Morgan fingerprint density at radius 2 is 1.92 bits per heavy atom. The van der Waals surface area contributed by atoms with Crippen molar-refractivity contribution in [3.63, 3.8) is 0 Å². The Hall–Kier alpha value is -3.16. The van der Waals surface area contributed by atoms with Crippen molar-refractivity contribution < 1.29 is 14.5 Å². The van der Waals surface area contributed by atoms with Crippen LogP contribution in [-0.4, -0.2) is 40.9 Å². The van der Waals surface area contributed by atoms with E-state index in [1.807, 2.05) is 0 Å². The summed E-state index contributed by atoms with van der Waals surface area (Å²) in [5.41, 5.74) is -0.118. The molecule has 0 saturated carbocycles. The number of para-hydroxylation sites is 1. The number of carbonyl (C=O) groups excluding carboxylic acids is 2. The third-order valence-corrected chi connectivity index (χ3v) is 4.53. The summed E-state index contributed by atoms with van der Waals surface area (Å²) < 4.78 is 1.64. The van der Waals surface area contributed by atoms with E-state index in [1.54, 1.807) is 60.4 Å². The quantitative estimate of drug-likeness (QED) is 0.647. The molecule has 25 heavy (non-hydrogen) atoms. The zero-order chi connectivity index (χ0) is 18.2. The second-order valence-corrected chi connectivity index (χ2v) is 6.01. The van der Waals surface area contributed by atoms with Gasteiger partial charge in [0.05, 0.1) is 0 Å². The molecule has 0 aliphatic carbocycles. The molecular weight excluding hydrogens is 324 g/mol. The first-order chi connectivity index (χ1) is 11.9. The first-order valence-corrected chi connectivity index (χ1v) is 7.79. The van der Waals surface area contributed by atoms with E-state index in [9.17, 15) is 19.7 Å². The summed E-state index contributed by atoms with van der Waals surface area (Å²) in [7, 11) is 1.63. The number of fused-ring (bicyclic) bond motifs is 1. The average Bonchev–Trinajstić information content (AvgIpc) is 3.14. The highest BCUT2D eigenvalue weighted by atomic mass is 16.6. The van der Waals surface area contributed by atoms with Crippen LogP contribution in [0.5, 0.6) is 0 Å². The third kappa shape index (κ3) is 2.46. The lowest BCUT2D eigenvalue weighted by Gasteiger charge is -2.36. The maximum Gasteiger partial charge on any atom is 0.260 e. The van der Waals surface area contributed by atoms with Gasteiger partial charge in [-0.1, -0.05) is 18.2 Å². The fraction of sp³-hybridized carbons (Fsp3) is 0.294. The molecule has 8 nitrogen and oxygen atoms in total. The number of nitrogens with zero attached hydrogens (tertiary/aromatic N) is 3. The lowest BCUT2D eigenvalue weighted by molar-refractivity contribution is -0.485. The van der Waals surface area contributed by atoms with E-state index in [2.05, 4.69) is 5.32 Å². The minimum absolute atomic E-state index is 0.328. The fourth-order valence-corrected chi connectivity index (χ4v) is 3.58. The molecule has 1 aromatic heterocycles. The minimum Gasteiger partial charge on any atom is -0.344 e. The maximum absolute atomic E-state index is 13.3. The van der Waals surface area contributed by atoms with Gasteiger partial charge in [-0.15, -0.1) is 0 Å². The molecule has 2 unspecified atom stereocenters. The number of rotatable bonds is 5. The maximum atomic E-state index is 13.3. The molecule has 2 amide bonds. The van der Waals surface area contributed by atoms with Crippen LogP contribution in [0.25, 0.3) is 0 Å². The first-order valence-electron chi connectivity index (χ1n) is 7.79. The number of benzene rings is 1. The van der Waals surface area contributed by atoms with E-state index in [4.69, 9.17) is 0 Å². The predicted octanol–water partition coefficient (Wildman–Crippen LogP) is 0.989. The molecule has 8 heteroatoms. The van der Waals surface area contributed by atoms with Crippen LogP contribution in [0, 0.1) is 10.1 Å². The van der Waals surface area contributed by atoms with Gasteiger partial charge in [-0.25, -0.2) is 0 Å². The number of amides is 2. The van der Waals surface area contributed by atoms with Gasteiger partial charge in [-0.2, -0.15) is 0 Å². The SMILES string of the molecule is CC(=O)NC(C[N+](=O)[O-])C1(n2cccc2)C(=O)N(C)c2ccccc21. The molecule has 2 aromatic rings. The number of nitro groups is 1. The highest BCUT2D eigenvalue weighted by Crippen LogP contribution is 2.44. The van der Waals surface area contributed by atoms with Crippen molar-refractivity contribution in [2.75, 3.05) is 18.5 Å². The fourth-order valence-electron chi connectivity index (χ4n) is 3.58. The molecule has 1 aromatic carbocycles. The Kier molecular flexibility index (Phi) is 4.03. The highest BCUT2D eigenvalue weighted by Gasteiger charge is 2.58. The van der Waals surface area contributed by atoms with Crippen LogP contribution >= 0.6 is 0 Å². The molecule has 1 aliphatic heterocycles. The summed E-state index contributed by atoms with van der Waals surface area (Å²) in [6, 6.07) is 9.59. The molecule has 1 N–H and O–H groups in total. The monoisotopic (exact) mass is 342 g/mol. The normalized spacial score (nSPS) is 20.2. The molecule has 3 rings (SSSR count). The standard InChI is InChI=1S/C17H18N4O4/c1-12(22)18-15(11-21(24)25)17(20-9-5-6-10-20)13-7-3-4-8-14(13)19(2)16(17)23/h3-10,15H,11H2,1-2H3,(H,18,22). The Morgan fingerprint density at radius 3 is 2.52 bits per heavy atom. The smallest absolute Gasteiger partial charge is 0.260 e. The van der Waals surface area contributed by atoms with Crippen molar-refractivity contribution in [1.29, 1.82) is 0 Å². The van der Waals surface area contributed by atoms with E-state index in [0.717, 1.165) is 0 Å². The molecule has 0 bridgehead atoms. The number of anilines is 1. The molecule has 0 fully saturated rings. The van der Waals surface area contributed by atoms with Gasteiger partial charge in [0.1, 0.15) is 6.04 Å². The van der Waals surface area contributed by atoms with Gasteiger partial charge in [0, 0.05) is 42.5 Å². The summed E-state index contributed by atoms with van der Waals surface area (Å²) in [4.78, 5) is 37.3. The van der Waals surface area contributed by atoms with Gasteiger partial charge in [-0.3, -0.25) is 19.7 Å². The molecule has 130 valence electrons. The molecular formula is C17H18N4O4. The van der Waals surface area contributed by atoms with E-state index in [1.165, 1.54) is 11.8 Å². The zero-order valence-electron chi connectivity index (χ0n) is 13.9. The van der Waals surface area contributed by atoms with Crippen LogP contribution < -0.4 is 10.2 Å². The van der Waals surface area contributed by atoms with Crippen LogP contribution in [0.15, 0.2) is 48.8 Å². The number of aromatic nitrogens is 1. The minimum atomic E-state index is -1.41. The number of nitrogens with one attached hydrogen (secondary N) is 1. The van der Waals surface area contributed by atoms with Gasteiger partial charge >= 0.3 is 0 Å².